The van der Waals surface area contributed by atoms with Crippen molar-refractivity contribution in [1.82, 2.24) is 0 Å². The van der Waals surface area contributed by atoms with E-state index in [9.17, 15) is 18.3 Å². The Morgan fingerprint density at radius 2 is 2.00 bits per heavy atom. The Kier molecular flexibility index (Phi) is 3.58. The normalized spacial score (nSPS) is 32.3. The van der Waals surface area contributed by atoms with Gasteiger partial charge >= 0.3 is 6.11 Å². The number of nitriles is 1. The van der Waals surface area contributed by atoms with Gasteiger partial charge in [-0.2, -0.15) is 14.0 Å². The minimum Gasteiger partial charge on any atom is -0.375 e. The van der Waals surface area contributed by atoms with Gasteiger partial charge in [0.25, 0.3) is 0 Å². The molecule has 0 aromatic carbocycles. The van der Waals surface area contributed by atoms with E-state index in [1.165, 1.54) is 0 Å². The Bertz CT molecular complexity index is 257. The maximum atomic E-state index is 12.5. The van der Waals surface area contributed by atoms with Gasteiger partial charge in [-0.1, -0.05) is 0 Å². The van der Waals surface area contributed by atoms with Gasteiger partial charge in [0.1, 0.15) is 0 Å². The third kappa shape index (κ3) is 3.36. The zero-order valence-electron chi connectivity index (χ0n) is 8.05. The van der Waals surface area contributed by atoms with E-state index in [1.807, 2.05) is 0 Å². The molecular weight excluding hydrogens is 211 g/mol. The highest BCUT2D eigenvalue weighted by Crippen LogP contribution is 2.32. The van der Waals surface area contributed by atoms with E-state index in [0.717, 1.165) is 0 Å². The van der Waals surface area contributed by atoms with E-state index in [1.54, 1.807) is 6.07 Å². The molecule has 0 aliphatic heterocycles. The highest BCUT2D eigenvalue weighted by Gasteiger charge is 2.39. The largest absolute Gasteiger partial charge is 0.384 e. The molecule has 0 atom stereocenters. The van der Waals surface area contributed by atoms with Crippen molar-refractivity contribution < 1.29 is 23.0 Å². The highest BCUT2D eigenvalue weighted by atomic mass is 19.3. The van der Waals surface area contributed by atoms with Crippen LogP contribution < -0.4 is 0 Å². The SMILES string of the molecule is N#CC1(O)CCC(OC(F)(F)CF)CC1. The smallest absolute Gasteiger partial charge is 0.375 e. The molecule has 0 aromatic rings. The summed E-state index contributed by atoms with van der Waals surface area (Å²) in [6.45, 7) is -1.86. The van der Waals surface area contributed by atoms with E-state index < -0.39 is 24.5 Å². The molecule has 1 aliphatic carbocycles. The Morgan fingerprint density at radius 3 is 2.40 bits per heavy atom. The zero-order valence-corrected chi connectivity index (χ0v) is 8.05. The minimum atomic E-state index is -3.76. The van der Waals surface area contributed by atoms with Crippen LogP contribution in [0.2, 0.25) is 0 Å². The lowest BCUT2D eigenvalue weighted by atomic mass is 9.84. The Balaban J connectivity index is 2.42. The molecule has 6 heteroatoms. The topological polar surface area (TPSA) is 53.2 Å². The van der Waals surface area contributed by atoms with E-state index in [-0.39, 0.29) is 25.7 Å². The summed E-state index contributed by atoms with van der Waals surface area (Å²) in [5.74, 6) is 0. The molecule has 0 spiro atoms. The fraction of sp³-hybridized carbons (Fsp3) is 0.889. The number of nitrogens with zero attached hydrogens (tertiary/aromatic N) is 1. The maximum absolute atomic E-state index is 12.5. The van der Waals surface area contributed by atoms with Gasteiger partial charge in [0, 0.05) is 0 Å². The first-order valence-corrected chi connectivity index (χ1v) is 4.66. The van der Waals surface area contributed by atoms with Crippen LogP contribution in [0.25, 0.3) is 0 Å². The summed E-state index contributed by atoms with van der Waals surface area (Å²) in [7, 11) is 0. The van der Waals surface area contributed by atoms with Crippen LogP contribution in [0, 0.1) is 11.3 Å². The predicted octanol–water partition coefficient (Wildman–Crippen LogP) is 1.76. The summed E-state index contributed by atoms with van der Waals surface area (Å²) in [4.78, 5) is 0. The van der Waals surface area contributed by atoms with Crippen molar-refractivity contribution in [2.24, 2.45) is 0 Å². The summed E-state index contributed by atoms with van der Waals surface area (Å²) in [5.41, 5.74) is -1.44. The summed E-state index contributed by atoms with van der Waals surface area (Å²) >= 11 is 0. The van der Waals surface area contributed by atoms with Crippen molar-refractivity contribution in [3.63, 3.8) is 0 Å². The van der Waals surface area contributed by atoms with Crippen LogP contribution in [0.5, 0.6) is 0 Å². The lowest BCUT2D eigenvalue weighted by Gasteiger charge is -2.32. The minimum absolute atomic E-state index is 0.0799. The average Bonchev–Trinajstić information content (AvgIpc) is 2.22. The number of rotatable bonds is 3. The van der Waals surface area contributed by atoms with E-state index in [2.05, 4.69) is 4.74 Å². The molecule has 0 heterocycles. The molecule has 0 radical (unpaired) electrons. The van der Waals surface area contributed by atoms with Crippen LogP contribution >= 0.6 is 0 Å². The third-order valence-electron chi connectivity index (χ3n) is 2.46. The van der Waals surface area contributed by atoms with Crippen LogP contribution in [0.15, 0.2) is 0 Å². The van der Waals surface area contributed by atoms with Gasteiger partial charge in [-0.25, -0.2) is 4.39 Å². The van der Waals surface area contributed by atoms with Crippen molar-refractivity contribution >= 4 is 0 Å². The number of hydrogen-bond donors (Lipinski definition) is 1. The molecule has 15 heavy (non-hydrogen) atoms. The fourth-order valence-electron chi connectivity index (χ4n) is 1.57. The first-order chi connectivity index (χ1) is 6.91. The molecular formula is C9H12F3NO2. The second kappa shape index (κ2) is 4.37. The van der Waals surface area contributed by atoms with Crippen LogP contribution in [-0.4, -0.2) is 29.6 Å². The number of alkyl halides is 3. The molecule has 0 saturated heterocycles. The van der Waals surface area contributed by atoms with Crippen molar-refractivity contribution in [3.05, 3.63) is 0 Å². The van der Waals surface area contributed by atoms with Gasteiger partial charge < -0.3 is 9.84 Å². The van der Waals surface area contributed by atoms with Crippen LogP contribution in [0.1, 0.15) is 25.7 Å². The lowest BCUT2D eigenvalue weighted by Crippen LogP contribution is -2.38. The predicted molar refractivity (Wildman–Crippen MR) is 44.8 cm³/mol. The van der Waals surface area contributed by atoms with Gasteiger partial charge in [0.2, 0.25) is 0 Å². The quantitative estimate of drug-likeness (QED) is 0.742. The van der Waals surface area contributed by atoms with Crippen molar-refractivity contribution in [1.29, 1.82) is 5.26 Å². The summed E-state index contributed by atoms with van der Waals surface area (Å²) in [5, 5.41) is 18.0. The van der Waals surface area contributed by atoms with Crippen LogP contribution in [0.3, 0.4) is 0 Å². The van der Waals surface area contributed by atoms with Crippen molar-refractivity contribution in [3.8, 4) is 6.07 Å². The van der Waals surface area contributed by atoms with Gasteiger partial charge in [0.15, 0.2) is 12.3 Å². The molecule has 3 nitrogen and oxygen atoms in total. The molecule has 0 amide bonds. The van der Waals surface area contributed by atoms with Gasteiger partial charge in [-0.15, -0.1) is 0 Å². The standard InChI is InChI=1S/C9H12F3NO2/c10-5-9(11,12)15-7-1-3-8(14,6-13)4-2-7/h7,14H,1-5H2. The number of aliphatic hydroxyl groups is 1. The van der Waals surface area contributed by atoms with Crippen molar-refractivity contribution in [2.45, 2.75) is 43.5 Å². The van der Waals surface area contributed by atoms with Crippen molar-refractivity contribution in [2.75, 3.05) is 6.67 Å². The number of ether oxygens (including phenoxy) is 1. The van der Waals surface area contributed by atoms with Gasteiger partial charge in [0.05, 0.1) is 12.2 Å². The second-order valence-electron chi connectivity index (χ2n) is 3.73. The Labute approximate surface area is 85.4 Å². The summed E-state index contributed by atoms with van der Waals surface area (Å²) in [6, 6.07) is 1.72. The second-order valence-corrected chi connectivity index (χ2v) is 3.73. The van der Waals surface area contributed by atoms with E-state index in [0.29, 0.717) is 0 Å². The molecule has 1 rings (SSSR count). The Hall–Kier alpha value is -0.800. The molecule has 1 N–H and O–H groups in total. The molecule has 1 fully saturated rings. The fourth-order valence-corrected chi connectivity index (χ4v) is 1.57. The van der Waals surface area contributed by atoms with Gasteiger partial charge in [-0.05, 0) is 25.7 Å². The first kappa shape index (κ1) is 12.3. The lowest BCUT2D eigenvalue weighted by molar-refractivity contribution is -0.275. The zero-order chi connectivity index (χ0) is 11.5. The average molecular weight is 223 g/mol. The number of halogens is 3. The van der Waals surface area contributed by atoms with Crippen LogP contribution in [-0.2, 0) is 4.74 Å². The first-order valence-electron chi connectivity index (χ1n) is 4.66. The third-order valence-corrected chi connectivity index (χ3v) is 2.46. The monoisotopic (exact) mass is 223 g/mol. The molecule has 0 bridgehead atoms. The molecule has 0 unspecified atom stereocenters. The maximum Gasteiger partial charge on any atom is 0.384 e. The summed E-state index contributed by atoms with van der Waals surface area (Å²) < 4.78 is 41.0. The number of hydrogen-bond acceptors (Lipinski definition) is 3. The molecule has 86 valence electrons. The van der Waals surface area contributed by atoms with Crippen LogP contribution in [0.4, 0.5) is 13.2 Å². The van der Waals surface area contributed by atoms with E-state index >= 15 is 0 Å². The molecule has 1 aliphatic rings. The molecule has 1 saturated carbocycles. The van der Waals surface area contributed by atoms with Gasteiger partial charge in [-0.3, -0.25) is 0 Å². The summed E-state index contributed by atoms with van der Waals surface area (Å²) in [6.07, 6.45) is -4.11. The molecule has 0 aromatic heterocycles. The Morgan fingerprint density at radius 1 is 1.47 bits per heavy atom. The highest BCUT2D eigenvalue weighted by molar-refractivity contribution is 5.02. The van der Waals surface area contributed by atoms with E-state index in [4.69, 9.17) is 5.26 Å².